The zero-order valence-corrected chi connectivity index (χ0v) is 13.2. The Morgan fingerprint density at radius 3 is 2.52 bits per heavy atom. The highest BCUT2D eigenvalue weighted by atomic mass is 19.1. The van der Waals surface area contributed by atoms with Crippen LogP contribution in [0.25, 0.3) is 0 Å². The summed E-state index contributed by atoms with van der Waals surface area (Å²) in [6.45, 7) is 10.3. The van der Waals surface area contributed by atoms with E-state index in [2.05, 4.69) is 23.6 Å². The molecule has 0 spiro atoms. The number of likely N-dealkylation sites (tertiary alicyclic amines) is 1. The molecule has 1 aliphatic rings. The lowest BCUT2D eigenvalue weighted by atomic mass is 10.0. The molecule has 1 heterocycles. The molecule has 0 aromatic heterocycles. The zero-order chi connectivity index (χ0) is 15.4. The first-order valence-corrected chi connectivity index (χ1v) is 7.84. The van der Waals surface area contributed by atoms with Crippen LogP contribution in [0.3, 0.4) is 0 Å². The van der Waals surface area contributed by atoms with Crippen molar-refractivity contribution in [1.82, 2.24) is 9.80 Å². The van der Waals surface area contributed by atoms with Crippen molar-refractivity contribution in [1.29, 1.82) is 0 Å². The van der Waals surface area contributed by atoms with Gasteiger partial charge in [-0.25, -0.2) is 4.39 Å². The molecule has 0 bridgehead atoms. The number of ketones is 1. The molecule has 2 atom stereocenters. The zero-order valence-electron chi connectivity index (χ0n) is 13.2. The summed E-state index contributed by atoms with van der Waals surface area (Å²) < 4.78 is 12.9. The maximum atomic E-state index is 12.9. The summed E-state index contributed by atoms with van der Waals surface area (Å²) in [6, 6.07) is 6.25. The Labute approximate surface area is 126 Å². The molecule has 1 saturated heterocycles. The van der Waals surface area contributed by atoms with Crippen LogP contribution in [0.5, 0.6) is 0 Å². The molecule has 21 heavy (non-hydrogen) atoms. The molecule has 4 heteroatoms. The number of nitrogens with zero attached hydrogens (tertiary/aromatic N) is 2. The lowest BCUT2D eigenvalue weighted by Crippen LogP contribution is -2.41. The molecule has 116 valence electrons. The van der Waals surface area contributed by atoms with E-state index in [1.807, 2.05) is 6.92 Å². The second kappa shape index (κ2) is 7.14. The van der Waals surface area contributed by atoms with Crippen molar-refractivity contribution in [2.75, 3.05) is 26.2 Å². The lowest BCUT2D eigenvalue weighted by Gasteiger charge is -2.28. The van der Waals surface area contributed by atoms with E-state index < -0.39 is 0 Å². The van der Waals surface area contributed by atoms with Crippen LogP contribution in [-0.2, 0) is 0 Å². The second-order valence-electron chi connectivity index (χ2n) is 5.71. The highest BCUT2D eigenvalue weighted by molar-refractivity contribution is 5.99. The van der Waals surface area contributed by atoms with Crippen molar-refractivity contribution >= 4 is 5.78 Å². The van der Waals surface area contributed by atoms with Crippen LogP contribution in [-0.4, -0.2) is 53.8 Å². The molecule has 1 aliphatic heterocycles. The predicted molar refractivity (Wildman–Crippen MR) is 83.1 cm³/mol. The van der Waals surface area contributed by atoms with Gasteiger partial charge in [-0.2, -0.15) is 0 Å². The van der Waals surface area contributed by atoms with Crippen LogP contribution in [0.15, 0.2) is 24.3 Å². The predicted octanol–water partition coefficient (Wildman–Crippen LogP) is 2.81. The summed E-state index contributed by atoms with van der Waals surface area (Å²) in [4.78, 5) is 17.2. The smallest absolute Gasteiger partial charge is 0.179 e. The fourth-order valence-electron chi connectivity index (χ4n) is 3.18. The molecule has 1 aromatic carbocycles. The van der Waals surface area contributed by atoms with E-state index in [0.717, 1.165) is 32.6 Å². The molecule has 0 radical (unpaired) electrons. The molecule has 0 N–H and O–H groups in total. The third-order valence-corrected chi connectivity index (χ3v) is 4.58. The number of carbonyl (C=O) groups excluding carboxylic acids is 1. The number of hydrogen-bond donors (Lipinski definition) is 0. The van der Waals surface area contributed by atoms with Gasteiger partial charge >= 0.3 is 0 Å². The van der Waals surface area contributed by atoms with Gasteiger partial charge in [0.2, 0.25) is 0 Å². The summed E-state index contributed by atoms with van der Waals surface area (Å²) in [7, 11) is 0. The van der Waals surface area contributed by atoms with Gasteiger partial charge in [0.1, 0.15) is 5.82 Å². The maximum Gasteiger partial charge on any atom is 0.179 e. The number of benzene rings is 1. The number of carbonyl (C=O) groups is 1. The number of likely N-dealkylation sites (N-methyl/N-ethyl adjacent to an activating group) is 1. The van der Waals surface area contributed by atoms with Crippen LogP contribution in [0.4, 0.5) is 4.39 Å². The van der Waals surface area contributed by atoms with Gasteiger partial charge in [0.05, 0.1) is 6.04 Å². The van der Waals surface area contributed by atoms with Crippen molar-refractivity contribution in [3.8, 4) is 0 Å². The minimum Gasteiger partial charge on any atom is -0.300 e. The van der Waals surface area contributed by atoms with Crippen LogP contribution in [0, 0.1) is 5.82 Å². The highest BCUT2D eigenvalue weighted by Gasteiger charge is 2.31. The third-order valence-electron chi connectivity index (χ3n) is 4.58. The molecule has 0 aliphatic carbocycles. The minimum atomic E-state index is -0.304. The number of halogens is 1. The van der Waals surface area contributed by atoms with E-state index in [9.17, 15) is 9.18 Å². The number of rotatable bonds is 6. The van der Waals surface area contributed by atoms with Crippen LogP contribution in [0.1, 0.15) is 37.6 Å². The second-order valence-corrected chi connectivity index (χ2v) is 5.71. The minimum absolute atomic E-state index is 0.0789. The molecule has 3 nitrogen and oxygen atoms in total. The summed E-state index contributed by atoms with van der Waals surface area (Å²) >= 11 is 0. The maximum absolute atomic E-state index is 12.9. The van der Waals surface area contributed by atoms with Gasteiger partial charge in [-0.3, -0.25) is 14.6 Å². The fourth-order valence-corrected chi connectivity index (χ4v) is 3.18. The summed E-state index contributed by atoms with van der Waals surface area (Å²) in [6.07, 6.45) is 1.11. The average Bonchev–Trinajstić information content (AvgIpc) is 2.97. The topological polar surface area (TPSA) is 23.6 Å². The molecule has 1 aromatic rings. The van der Waals surface area contributed by atoms with Crippen molar-refractivity contribution in [2.45, 2.75) is 39.3 Å². The number of hydrogen-bond acceptors (Lipinski definition) is 3. The molecular formula is C17H25FN2O. The van der Waals surface area contributed by atoms with Gasteiger partial charge < -0.3 is 0 Å². The normalized spacial score (nSPS) is 20.9. The van der Waals surface area contributed by atoms with Crippen LogP contribution < -0.4 is 0 Å². The van der Waals surface area contributed by atoms with Gasteiger partial charge in [-0.05, 0) is 50.7 Å². The van der Waals surface area contributed by atoms with Crippen molar-refractivity contribution in [2.24, 2.45) is 0 Å². The number of Topliss-reactive ketones (excluding diaryl/α,β-unsaturated/α-hetero) is 1. The monoisotopic (exact) mass is 292 g/mol. The molecule has 2 rings (SSSR count). The Balaban J connectivity index is 1.99. The summed E-state index contributed by atoms with van der Waals surface area (Å²) in [5.41, 5.74) is 0.593. The Kier molecular flexibility index (Phi) is 5.48. The first-order chi connectivity index (χ1) is 10.1. The lowest BCUT2D eigenvalue weighted by molar-refractivity contribution is 0.0856. The molecule has 2 unspecified atom stereocenters. The summed E-state index contributed by atoms with van der Waals surface area (Å²) in [5.74, 6) is -0.225. The molecule has 0 saturated carbocycles. The van der Waals surface area contributed by atoms with Gasteiger partial charge in [0.25, 0.3) is 0 Å². The molecule has 1 fully saturated rings. The Morgan fingerprint density at radius 1 is 1.33 bits per heavy atom. The van der Waals surface area contributed by atoms with Crippen molar-refractivity contribution in [3.63, 3.8) is 0 Å². The SMILES string of the molecule is CCN(CC)C1CCN(C(C)C(=O)c2ccc(F)cc2)C1. The standard InChI is InChI=1S/C17H25FN2O/c1-4-19(5-2)16-10-11-20(12-16)13(3)17(21)14-6-8-15(18)9-7-14/h6-9,13,16H,4-5,10-12H2,1-3H3. The molecular weight excluding hydrogens is 267 g/mol. The fraction of sp³-hybridized carbons (Fsp3) is 0.588. The first-order valence-electron chi connectivity index (χ1n) is 7.84. The van der Waals surface area contributed by atoms with E-state index >= 15 is 0 Å². The van der Waals surface area contributed by atoms with E-state index in [-0.39, 0.29) is 17.6 Å². The van der Waals surface area contributed by atoms with E-state index in [0.29, 0.717) is 11.6 Å². The largest absolute Gasteiger partial charge is 0.300 e. The van der Waals surface area contributed by atoms with Crippen molar-refractivity contribution < 1.29 is 9.18 Å². The van der Waals surface area contributed by atoms with E-state index in [1.54, 1.807) is 12.1 Å². The van der Waals surface area contributed by atoms with Gasteiger partial charge in [0, 0.05) is 24.7 Å². The quantitative estimate of drug-likeness (QED) is 0.753. The van der Waals surface area contributed by atoms with Crippen LogP contribution in [0.2, 0.25) is 0 Å². The average molecular weight is 292 g/mol. The Bertz CT molecular complexity index is 470. The van der Waals surface area contributed by atoms with Crippen LogP contribution >= 0.6 is 0 Å². The van der Waals surface area contributed by atoms with Gasteiger partial charge in [-0.15, -0.1) is 0 Å². The van der Waals surface area contributed by atoms with E-state index in [1.165, 1.54) is 12.1 Å². The summed E-state index contributed by atoms with van der Waals surface area (Å²) in [5, 5.41) is 0. The Morgan fingerprint density at radius 2 is 1.95 bits per heavy atom. The Hall–Kier alpha value is -1.26. The first kappa shape index (κ1) is 16.1. The highest BCUT2D eigenvalue weighted by Crippen LogP contribution is 2.20. The van der Waals surface area contributed by atoms with Gasteiger partial charge in [-0.1, -0.05) is 13.8 Å². The van der Waals surface area contributed by atoms with E-state index in [4.69, 9.17) is 0 Å². The van der Waals surface area contributed by atoms with Crippen molar-refractivity contribution in [3.05, 3.63) is 35.6 Å². The molecule has 0 amide bonds. The van der Waals surface area contributed by atoms with Gasteiger partial charge in [0.15, 0.2) is 5.78 Å². The third kappa shape index (κ3) is 3.69.